The number of nitrogens with one attached hydrogen (secondary N) is 1. The second-order valence-corrected chi connectivity index (χ2v) is 5.75. The summed E-state index contributed by atoms with van der Waals surface area (Å²) in [4.78, 5) is 11.7. The monoisotopic (exact) mass is 311 g/mol. The van der Waals surface area contributed by atoms with E-state index in [1.165, 1.54) is 11.8 Å². The first-order valence-electron chi connectivity index (χ1n) is 6.10. The van der Waals surface area contributed by atoms with Crippen molar-refractivity contribution in [3.63, 3.8) is 0 Å². The molecule has 0 saturated heterocycles. The number of nitrogens with zero attached hydrogens (tertiary/aromatic N) is 4. The van der Waals surface area contributed by atoms with Gasteiger partial charge in [0.2, 0.25) is 11.1 Å². The summed E-state index contributed by atoms with van der Waals surface area (Å²) in [5.41, 5.74) is 0.796. The molecule has 0 spiro atoms. The molecule has 0 aliphatic rings. The van der Waals surface area contributed by atoms with Crippen LogP contribution in [0.25, 0.3) is 5.69 Å². The Balaban J connectivity index is 2.16. The highest BCUT2D eigenvalue weighted by molar-refractivity contribution is 8.00. The smallest absolute Gasteiger partial charge is 0.233 e. The summed E-state index contributed by atoms with van der Waals surface area (Å²) in [6.07, 6.45) is 0. The summed E-state index contributed by atoms with van der Waals surface area (Å²) >= 11 is 7.16. The molecule has 0 radical (unpaired) electrons. The normalized spacial score (nSPS) is 12.2. The average Bonchev–Trinajstić information content (AvgIpc) is 2.88. The van der Waals surface area contributed by atoms with Crippen LogP contribution in [0.1, 0.15) is 13.8 Å². The number of carbonyl (C=O) groups excluding carboxylic acids is 1. The molecule has 1 atom stereocenters. The lowest BCUT2D eigenvalue weighted by Crippen LogP contribution is -2.30. The van der Waals surface area contributed by atoms with Gasteiger partial charge in [-0.3, -0.25) is 4.79 Å². The molecule has 2 rings (SSSR count). The first kappa shape index (κ1) is 14.8. The van der Waals surface area contributed by atoms with Crippen LogP contribution in [0.5, 0.6) is 0 Å². The Morgan fingerprint density at radius 1 is 1.45 bits per heavy atom. The van der Waals surface area contributed by atoms with Gasteiger partial charge in [-0.25, -0.2) is 0 Å². The average molecular weight is 312 g/mol. The summed E-state index contributed by atoms with van der Waals surface area (Å²) < 4.78 is 1.58. The van der Waals surface area contributed by atoms with Crippen molar-refractivity contribution in [1.82, 2.24) is 25.5 Å². The molecule has 6 nitrogen and oxygen atoms in total. The van der Waals surface area contributed by atoms with Gasteiger partial charge in [-0.1, -0.05) is 23.4 Å². The maximum Gasteiger partial charge on any atom is 0.233 e. The van der Waals surface area contributed by atoms with Gasteiger partial charge in [0.1, 0.15) is 0 Å². The van der Waals surface area contributed by atoms with Crippen molar-refractivity contribution >= 4 is 29.3 Å². The van der Waals surface area contributed by atoms with E-state index in [1.54, 1.807) is 16.8 Å². The maximum atomic E-state index is 11.7. The van der Waals surface area contributed by atoms with Crippen LogP contribution in [0.4, 0.5) is 0 Å². The zero-order chi connectivity index (χ0) is 14.5. The zero-order valence-corrected chi connectivity index (χ0v) is 12.6. The van der Waals surface area contributed by atoms with Crippen molar-refractivity contribution in [3.8, 4) is 5.69 Å². The Morgan fingerprint density at radius 2 is 2.15 bits per heavy atom. The van der Waals surface area contributed by atoms with Gasteiger partial charge in [0, 0.05) is 11.6 Å². The van der Waals surface area contributed by atoms with Crippen LogP contribution in [0.2, 0.25) is 5.02 Å². The zero-order valence-electron chi connectivity index (χ0n) is 11.1. The SMILES string of the molecule is CCNC(=O)[C@@H](C)Sc1nnnn1-c1ccc(Cl)cc1. The minimum absolute atomic E-state index is 0.0387. The van der Waals surface area contributed by atoms with Crippen LogP contribution in [0.15, 0.2) is 29.4 Å². The number of hydrogen-bond donors (Lipinski definition) is 1. The van der Waals surface area contributed by atoms with Crippen LogP contribution >= 0.6 is 23.4 Å². The number of carbonyl (C=O) groups is 1. The molecule has 106 valence electrons. The molecular formula is C12H14ClN5OS. The highest BCUT2D eigenvalue weighted by Gasteiger charge is 2.18. The minimum atomic E-state index is -0.271. The van der Waals surface area contributed by atoms with Crippen molar-refractivity contribution in [3.05, 3.63) is 29.3 Å². The van der Waals surface area contributed by atoms with E-state index in [4.69, 9.17) is 11.6 Å². The number of aromatic nitrogens is 4. The van der Waals surface area contributed by atoms with Crippen molar-refractivity contribution in [2.24, 2.45) is 0 Å². The molecule has 1 amide bonds. The Bertz CT molecular complexity index is 586. The largest absolute Gasteiger partial charge is 0.355 e. The van der Waals surface area contributed by atoms with Crippen LogP contribution in [-0.4, -0.2) is 37.9 Å². The molecule has 0 bridgehead atoms. The van der Waals surface area contributed by atoms with E-state index < -0.39 is 0 Å². The van der Waals surface area contributed by atoms with Gasteiger partial charge >= 0.3 is 0 Å². The van der Waals surface area contributed by atoms with E-state index in [0.717, 1.165) is 5.69 Å². The molecule has 0 unspecified atom stereocenters. The quantitative estimate of drug-likeness (QED) is 0.854. The lowest BCUT2D eigenvalue weighted by molar-refractivity contribution is -0.120. The van der Waals surface area contributed by atoms with E-state index in [0.29, 0.717) is 16.7 Å². The number of thioether (sulfide) groups is 1. The molecule has 20 heavy (non-hydrogen) atoms. The fourth-order valence-electron chi connectivity index (χ4n) is 1.53. The summed E-state index contributed by atoms with van der Waals surface area (Å²) in [6, 6.07) is 7.17. The van der Waals surface area contributed by atoms with E-state index >= 15 is 0 Å². The summed E-state index contributed by atoms with van der Waals surface area (Å²) in [5, 5.41) is 15.2. The number of rotatable bonds is 5. The minimum Gasteiger partial charge on any atom is -0.355 e. The van der Waals surface area contributed by atoms with Crippen molar-refractivity contribution in [1.29, 1.82) is 0 Å². The van der Waals surface area contributed by atoms with Crippen LogP contribution in [0.3, 0.4) is 0 Å². The van der Waals surface area contributed by atoms with Gasteiger partial charge in [-0.15, -0.1) is 5.10 Å². The number of amides is 1. The molecule has 1 aromatic heterocycles. The number of halogens is 1. The maximum absolute atomic E-state index is 11.7. The molecule has 1 N–H and O–H groups in total. The van der Waals surface area contributed by atoms with Crippen molar-refractivity contribution < 1.29 is 4.79 Å². The standard InChI is InChI=1S/C12H14ClN5OS/c1-3-14-11(19)8(2)20-12-15-16-17-18(12)10-6-4-9(13)5-7-10/h4-8H,3H2,1-2H3,(H,14,19)/t8-/m1/s1. The lowest BCUT2D eigenvalue weighted by atomic mass is 10.3. The first-order chi connectivity index (χ1) is 9.61. The second kappa shape index (κ2) is 6.71. The molecule has 0 aliphatic carbocycles. The van der Waals surface area contributed by atoms with E-state index in [1.807, 2.05) is 26.0 Å². The molecule has 0 fully saturated rings. The Kier molecular flexibility index (Phi) is 4.97. The topological polar surface area (TPSA) is 72.7 Å². The predicted octanol–water partition coefficient (Wildman–Crippen LogP) is 1.93. The molecule has 2 aromatic rings. The van der Waals surface area contributed by atoms with Gasteiger partial charge < -0.3 is 5.32 Å². The second-order valence-electron chi connectivity index (χ2n) is 4.00. The molecule has 0 aliphatic heterocycles. The fraction of sp³-hybridized carbons (Fsp3) is 0.333. The van der Waals surface area contributed by atoms with Gasteiger partial charge in [-0.2, -0.15) is 4.68 Å². The summed E-state index contributed by atoms with van der Waals surface area (Å²) in [5.74, 6) is -0.0387. The third kappa shape index (κ3) is 3.49. The van der Waals surface area contributed by atoms with E-state index in [-0.39, 0.29) is 11.2 Å². The van der Waals surface area contributed by atoms with E-state index in [2.05, 4.69) is 20.8 Å². The molecule has 1 aromatic carbocycles. The molecular weight excluding hydrogens is 298 g/mol. The fourth-order valence-corrected chi connectivity index (χ4v) is 2.48. The number of benzene rings is 1. The van der Waals surface area contributed by atoms with Gasteiger partial charge in [0.15, 0.2) is 0 Å². The molecule has 8 heteroatoms. The van der Waals surface area contributed by atoms with E-state index in [9.17, 15) is 4.79 Å². The van der Waals surface area contributed by atoms with Crippen LogP contribution in [0, 0.1) is 0 Å². The lowest BCUT2D eigenvalue weighted by Gasteiger charge is -2.10. The summed E-state index contributed by atoms with van der Waals surface area (Å²) in [6.45, 7) is 4.30. The van der Waals surface area contributed by atoms with Gasteiger partial charge in [0.25, 0.3) is 0 Å². The Hall–Kier alpha value is -1.60. The number of tetrazole rings is 1. The van der Waals surface area contributed by atoms with Crippen molar-refractivity contribution in [2.75, 3.05) is 6.54 Å². The van der Waals surface area contributed by atoms with Crippen molar-refractivity contribution in [2.45, 2.75) is 24.3 Å². The predicted molar refractivity (Wildman–Crippen MR) is 78.2 cm³/mol. The Labute approximate surface area is 125 Å². The highest BCUT2D eigenvalue weighted by Crippen LogP contribution is 2.23. The first-order valence-corrected chi connectivity index (χ1v) is 7.36. The van der Waals surface area contributed by atoms with Crippen LogP contribution < -0.4 is 5.32 Å². The van der Waals surface area contributed by atoms with Crippen LogP contribution in [-0.2, 0) is 4.79 Å². The third-order valence-electron chi connectivity index (χ3n) is 2.51. The molecule has 1 heterocycles. The molecule has 0 saturated carbocycles. The highest BCUT2D eigenvalue weighted by atomic mass is 35.5. The summed E-state index contributed by atoms with van der Waals surface area (Å²) in [7, 11) is 0. The Morgan fingerprint density at radius 3 is 2.80 bits per heavy atom. The number of hydrogen-bond acceptors (Lipinski definition) is 5. The van der Waals surface area contributed by atoms with Gasteiger partial charge in [0.05, 0.1) is 10.9 Å². The third-order valence-corrected chi connectivity index (χ3v) is 3.80. The van der Waals surface area contributed by atoms with Gasteiger partial charge in [-0.05, 0) is 48.5 Å².